The van der Waals surface area contributed by atoms with E-state index in [-0.39, 0.29) is 6.10 Å². The number of nitrogens with zero attached hydrogens (tertiary/aromatic N) is 1. The van der Waals surface area contributed by atoms with Crippen LogP contribution in [0.25, 0.3) is 10.9 Å². The molecule has 1 atom stereocenters. The van der Waals surface area contributed by atoms with Crippen LogP contribution in [0.2, 0.25) is 10.0 Å². The Hall–Kier alpha value is -1.64. The fourth-order valence-corrected chi connectivity index (χ4v) is 3.50. The third-order valence-electron chi connectivity index (χ3n) is 3.92. The molecule has 4 heteroatoms. The first-order valence-electron chi connectivity index (χ1n) is 6.89. The van der Waals surface area contributed by atoms with Crippen molar-refractivity contribution in [2.24, 2.45) is 0 Å². The van der Waals surface area contributed by atoms with Crippen molar-refractivity contribution >= 4 is 34.1 Å². The standard InChI is InChI=1S/C17H13Cl2NO/c18-12-8-15(19)14-5-6-20(16(14)9-12)10-13-7-11-3-1-2-4-17(11)21-13/h1-6,8-9,13H,7,10H2. The van der Waals surface area contributed by atoms with Gasteiger partial charge >= 0.3 is 0 Å². The molecule has 2 nitrogen and oxygen atoms in total. The normalized spacial score (nSPS) is 17.0. The highest BCUT2D eigenvalue weighted by atomic mass is 35.5. The van der Waals surface area contributed by atoms with Crippen LogP contribution in [0.15, 0.2) is 48.7 Å². The molecule has 1 unspecified atom stereocenters. The highest BCUT2D eigenvalue weighted by Crippen LogP contribution is 2.32. The first kappa shape index (κ1) is 13.1. The van der Waals surface area contributed by atoms with Crippen LogP contribution >= 0.6 is 23.2 Å². The molecule has 0 saturated carbocycles. The van der Waals surface area contributed by atoms with E-state index in [0.29, 0.717) is 10.0 Å². The van der Waals surface area contributed by atoms with Gasteiger partial charge < -0.3 is 9.30 Å². The molecule has 0 amide bonds. The number of para-hydroxylation sites is 1. The zero-order valence-corrected chi connectivity index (χ0v) is 12.7. The molecule has 2 heterocycles. The van der Waals surface area contributed by atoms with Gasteiger partial charge in [0.15, 0.2) is 0 Å². The van der Waals surface area contributed by atoms with Crippen molar-refractivity contribution < 1.29 is 4.74 Å². The van der Waals surface area contributed by atoms with Gasteiger partial charge in [-0.1, -0.05) is 41.4 Å². The van der Waals surface area contributed by atoms with Gasteiger partial charge in [-0.05, 0) is 29.8 Å². The summed E-state index contributed by atoms with van der Waals surface area (Å²) in [5, 5.41) is 2.37. The molecule has 3 aromatic rings. The molecule has 1 aliphatic heterocycles. The number of ether oxygens (including phenoxy) is 1. The summed E-state index contributed by atoms with van der Waals surface area (Å²) in [6, 6.07) is 14.0. The lowest BCUT2D eigenvalue weighted by Gasteiger charge is -2.13. The summed E-state index contributed by atoms with van der Waals surface area (Å²) in [5.41, 5.74) is 2.32. The third kappa shape index (κ3) is 2.29. The van der Waals surface area contributed by atoms with E-state index in [1.165, 1.54) is 5.56 Å². The van der Waals surface area contributed by atoms with Crippen LogP contribution in [-0.2, 0) is 13.0 Å². The lowest BCUT2D eigenvalue weighted by atomic mass is 10.1. The van der Waals surface area contributed by atoms with Gasteiger partial charge in [0.2, 0.25) is 0 Å². The van der Waals surface area contributed by atoms with Gasteiger partial charge in [0, 0.05) is 23.0 Å². The Morgan fingerprint density at radius 2 is 2.00 bits per heavy atom. The summed E-state index contributed by atoms with van der Waals surface area (Å²) in [4.78, 5) is 0. The monoisotopic (exact) mass is 317 g/mol. The van der Waals surface area contributed by atoms with Gasteiger partial charge in [0.05, 0.1) is 17.1 Å². The first-order valence-corrected chi connectivity index (χ1v) is 7.65. The van der Waals surface area contributed by atoms with Gasteiger partial charge in [0.1, 0.15) is 11.9 Å². The maximum Gasteiger partial charge on any atom is 0.123 e. The maximum atomic E-state index is 6.24. The van der Waals surface area contributed by atoms with Gasteiger partial charge in [0.25, 0.3) is 0 Å². The molecule has 4 rings (SSSR count). The summed E-state index contributed by atoms with van der Waals surface area (Å²) in [6.45, 7) is 0.787. The largest absolute Gasteiger partial charge is 0.488 e. The number of rotatable bonds is 2. The fraction of sp³-hybridized carbons (Fsp3) is 0.176. The Morgan fingerprint density at radius 3 is 2.86 bits per heavy atom. The zero-order chi connectivity index (χ0) is 14.4. The average Bonchev–Trinajstić information content (AvgIpc) is 3.03. The van der Waals surface area contributed by atoms with Crippen LogP contribution in [0, 0.1) is 0 Å². The molecule has 106 valence electrons. The summed E-state index contributed by atoms with van der Waals surface area (Å²) in [5.74, 6) is 0.995. The molecule has 0 bridgehead atoms. The van der Waals surface area contributed by atoms with Gasteiger partial charge in [-0.3, -0.25) is 0 Å². The minimum atomic E-state index is 0.149. The molecule has 0 aliphatic carbocycles. The number of hydrogen-bond acceptors (Lipinski definition) is 1. The SMILES string of the molecule is Clc1cc(Cl)c2ccn(CC3Cc4ccccc4O3)c2c1. The van der Waals surface area contributed by atoms with Crippen molar-refractivity contribution in [3.05, 3.63) is 64.3 Å². The minimum Gasteiger partial charge on any atom is -0.488 e. The highest BCUT2D eigenvalue weighted by Gasteiger charge is 2.23. The van der Waals surface area contributed by atoms with E-state index in [1.54, 1.807) is 6.07 Å². The van der Waals surface area contributed by atoms with Gasteiger partial charge in [-0.25, -0.2) is 0 Å². The van der Waals surface area contributed by atoms with E-state index < -0.39 is 0 Å². The molecule has 21 heavy (non-hydrogen) atoms. The summed E-state index contributed by atoms with van der Waals surface area (Å²) < 4.78 is 8.16. The van der Waals surface area contributed by atoms with Gasteiger partial charge in [-0.15, -0.1) is 0 Å². The Bertz CT molecular complexity index is 800. The lowest BCUT2D eigenvalue weighted by molar-refractivity contribution is 0.211. The Balaban J connectivity index is 1.64. The van der Waals surface area contributed by atoms with E-state index in [4.69, 9.17) is 27.9 Å². The quantitative estimate of drug-likeness (QED) is 0.652. The number of halogens is 2. The number of aromatic nitrogens is 1. The maximum absolute atomic E-state index is 6.24. The molecule has 2 aromatic carbocycles. The second-order valence-corrected chi connectivity index (χ2v) is 6.18. The van der Waals surface area contributed by atoms with Crippen LogP contribution in [0.1, 0.15) is 5.56 Å². The van der Waals surface area contributed by atoms with E-state index in [2.05, 4.69) is 16.7 Å². The van der Waals surface area contributed by atoms with Crippen LogP contribution in [0.4, 0.5) is 0 Å². The van der Waals surface area contributed by atoms with E-state index in [9.17, 15) is 0 Å². The van der Waals surface area contributed by atoms with Crippen LogP contribution in [-0.4, -0.2) is 10.7 Å². The van der Waals surface area contributed by atoms with E-state index >= 15 is 0 Å². The van der Waals surface area contributed by atoms with Crippen molar-refractivity contribution in [3.8, 4) is 5.75 Å². The van der Waals surface area contributed by atoms with Crippen LogP contribution in [0.5, 0.6) is 5.75 Å². The minimum absolute atomic E-state index is 0.149. The smallest absolute Gasteiger partial charge is 0.123 e. The Morgan fingerprint density at radius 1 is 1.14 bits per heavy atom. The predicted octanol–water partition coefficient (Wildman–Crippen LogP) is 4.95. The summed E-state index contributed by atoms with van der Waals surface area (Å²) in [7, 11) is 0. The Labute approximate surface area is 132 Å². The second-order valence-electron chi connectivity index (χ2n) is 5.34. The second kappa shape index (κ2) is 4.97. The molecule has 1 aromatic heterocycles. The fourth-order valence-electron chi connectivity index (χ4n) is 2.95. The molecule has 0 fully saturated rings. The molecule has 0 spiro atoms. The van der Waals surface area contributed by atoms with Crippen molar-refractivity contribution in [1.29, 1.82) is 0 Å². The van der Waals surface area contributed by atoms with E-state index in [0.717, 1.165) is 29.6 Å². The number of fused-ring (bicyclic) bond motifs is 2. The van der Waals surface area contributed by atoms with E-state index in [1.807, 2.05) is 30.5 Å². The van der Waals surface area contributed by atoms with Crippen molar-refractivity contribution in [2.45, 2.75) is 19.1 Å². The molecular formula is C17H13Cl2NO. The molecule has 0 N–H and O–H groups in total. The molecule has 1 aliphatic rings. The number of benzene rings is 2. The molecular weight excluding hydrogens is 305 g/mol. The van der Waals surface area contributed by atoms with Gasteiger partial charge in [-0.2, -0.15) is 0 Å². The topological polar surface area (TPSA) is 14.2 Å². The lowest BCUT2D eigenvalue weighted by Crippen LogP contribution is -2.20. The summed E-state index contributed by atoms with van der Waals surface area (Å²) >= 11 is 12.3. The van der Waals surface area contributed by atoms with Crippen molar-refractivity contribution in [2.75, 3.05) is 0 Å². The van der Waals surface area contributed by atoms with Crippen molar-refractivity contribution in [1.82, 2.24) is 4.57 Å². The summed E-state index contributed by atoms with van der Waals surface area (Å²) in [6.07, 6.45) is 3.12. The average molecular weight is 318 g/mol. The van der Waals surface area contributed by atoms with Crippen LogP contribution < -0.4 is 4.74 Å². The molecule has 0 radical (unpaired) electrons. The third-order valence-corrected chi connectivity index (χ3v) is 4.45. The van der Waals surface area contributed by atoms with Crippen LogP contribution in [0.3, 0.4) is 0 Å². The zero-order valence-electron chi connectivity index (χ0n) is 11.2. The predicted molar refractivity (Wildman–Crippen MR) is 86.5 cm³/mol. The number of hydrogen-bond donors (Lipinski definition) is 0. The van der Waals surface area contributed by atoms with Crippen molar-refractivity contribution in [3.63, 3.8) is 0 Å². The first-order chi connectivity index (χ1) is 10.2. The highest BCUT2D eigenvalue weighted by molar-refractivity contribution is 6.38. The molecule has 0 saturated heterocycles. The Kier molecular flexibility index (Phi) is 3.09.